The summed E-state index contributed by atoms with van der Waals surface area (Å²) < 4.78 is 0. The monoisotopic (exact) mass is 292 g/mol. The Hall–Kier alpha value is -2.04. The number of urea groups is 1. The van der Waals surface area contributed by atoms with Crippen LogP contribution in [-0.4, -0.2) is 23.7 Å². The molecule has 0 aromatic heterocycles. The van der Waals surface area contributed by atoms with E-state index in [1.807, 2.05) is 12.1 Å². The van der Waals surface area contributed by atoms with Crippen molar-refractivity contribution in [2.24, 2.45) is 5.41 Å². The highest BCUT2D eigenvalue weighted by Gasteiger charge is 2.16. The van der Waals surface area contributed by atoms with Crippen molar-refractivity contribution >= 4 is 12.0 Å². The van der Waals surface area contributed by atoms with Gasteiger partial charge in [-0.25, -0.2) is 4.79 Å². The van der Waals surface area contributed by atoms with E-state index in [-0.39, 0.29) is 17.9 Å². The number of aliphatic carboxylic acids is 1. The molecule has 1 aromatic carbocycles. The van der Waals surface area contributed by atoms with Crippen LogP contribution in [0.15, 0.2) is 24.3 Å². The molecule has 0 fully saturated rings. The largest absolute Gasteiger partial charge is 0.481 e. The molecule has 0 spiro atoms. The van der Waals surface area contributed by atoms with Crippen molar-refractivity contribution in [1.82, 2.24) is 10.6 Å². The number of benzene rings is 1. The normalized spacial score (nSPS) is 11.0. The van der Waals surface area contributed by atoms with Gasteiger partial charge in [-0.05, 0) is 23.0 Å². The molecule has 0 unspecified atom stereocenters. The van der Waals surface area contributed by atoms with Gasteiger partial charge in [0.05, 0.1) is 6.42 Å². The van der Waals surface area contributed by atoms with Gasteiger partial charge in [0, 0.05) is 13.1 Å². The summed E-state index contributed by atoms with van der Waals surface area (Å²) in [6, 6.07) is 6.99. The lowest BCUT2D eigenvalue weighted by Gasteiger charge is -2.23. The standard InChI is InChI=1S/C16H24N2O3/c1-4-16(2,3)11-18-15(21)17-10-13-8-6-5-7-12(13)9-14(19)20/h5-8H,4,9-11H2,1-3H3,(H,19,20)(H2,17,18,21). The van der Waals surface area contributed by atoms with Gasteiger partial charge in [0.2, 0.25) is 0 Å². The molecule has 0 aliphatic rings. The molecule has 0 heterocycles. The van der Waals surface area contributed by atoms with Crippen LogP contribution in [0.5, 0.6) is 0 Å². The number of rotatable bonds is 7. The molecule has 0 aliphatic heterocycles. The van der Waals surface area contributed by atoms with Gasteiger partial charge in [0.15, 0.2) is 0 Å². The van der Waals surface area contributed by atoms with E-state index >= 15 is 0 Å². The third-order valence-electron chi connectivity index (χ3n) is 3.58. The number of nitrogens with one attached hydrogen (secondary N) is 2. The number of hydrogen-bond donors (Lipinski definition) is 3. The highest BCUT2D eigenvalue weighted by Crippen LogP contribution is 2.17. The van der Waals surface area contributed by atoms with Gasteiger partial charge in [-0.3, -0.25) is 4.79 Å². The first-order valence-electron chi connectivity index (χ1n) is 7.14. The third-order valence-corrected chi connectivity index (χ3v) is 3.58. The summed E-state index contributed by atoms with van der Waals surface area (Å²) in [5, 5.41) is 14.5. The quantitative estimate of drug-likeness (QED) is 0.722. The summed E-state index contributed by atoms with van der Waals surface area (Å²) in [5.41, 5.74) is 1.61. The molecule has 0 radical (unpaired) electrons. The fraction of sp³-hybridized carbons (Fsp3) is 0.500. The smallest absolute Gasteiger partial charge is 0.315 e. The Labute approximate surface area is 125 Å². The maximum absolute atomic E-state index is 11.8. The van der Waals surface area contributed by atoms with Crippen LogP contribution in [0.25, 0.3) is 0 Å². The van der Waals surface area contributed by atoms with Crippen molar-refractivity contribution in [1.29, 1.82) is 0 Å². The maximum atomic E-state index is 11.8. The lowest BCUT2D eigenvalue weighted by atomic mass is 9.90. The molecule has 5 nitrogen and oxygen atoms in total. The average molecular weight is 292 g/mol. The zero-order valence-electron chi connectivity index (χ0n) is 12.9. The molecule has 5 heteroatoms. The molecule has 0 aliphatic carbocycles. The molecular formula is C16H24N2O3. The number of hydrogen-bond acceptors (Lipinski definition) is 2. The summed E-state index contributed by atoms with van der Waals surface area (Å²) in [6.45, 7) is 7.19. The van der Waals surface area contributed by atoms with E-state index in [0.29, 0.717) is 13.1 Å². The van der Waals surface area contributed by atoms with Gasteiger partial charge in [0.25, 0.3) is 0 Å². The van der Waals surface area contributed by atoms with E-state index in [4.69, 9.17) is 5.11 Å². The van der Waals surface area contributed by atoms with Crippen LogP contribution in [0.1, 0.15) is 38.3 Å². The van der Waals surface area contributed by atoms with E-state index in [0.717, 1.165) is 17.5 Å². The van der Waals surface area contributed by atoms with Crippen LogP contribution in [0.4, 0.5) is 4.79 Å². The Morgan fingerprint density at radius 2 is 1.76 bits per heavy atom. The second-order valence-corrected chi connectivity index (χ2v) is 5.89. The van der Waals surface area contributed by atoms with Crippen molar-refractivity contribution < 1.29 is 14.7 Å². The van der Waals surface area contributed by atoms with E-state index in [1.54, 1.807) is 12.1 Å². The SMILES string of the molecule is CCC(C)(C)CNC(=O)NCc1ccccc1CC(=O)O. The summed E-state index contributed by atoms with van der Waals surface area (Å²) >= 11 is 0. The van der Waals surface area contributed by atoms with Crippen molar-refractivity contribution in [2.45, 2.75) is 40.2 Å². The molecule has 3 N–H and O–H groups in total. The molecule has 0 saturated heterocycles. The van der Waals surface area contributed by atoms with E-state index in [9.17, 15) is 9.59 Å². The number of amides is 2. The van der Waals surface area contributed by atoms with Crippen LogP contribution in [0, 0.1) is 5.41 Å². The molecule has 0 bridgehead atoms. The minimum absolute atomic E-state index is 0.0393. The molecule has 1 aromatic rings. The van der Waals surface area contributed by atoms with Gasteiger partial charge in [-0.1, -0.05) is 45.0 Å². The highest BCUT2D eigenvalue weighted by atomic mass is 16.4. The summed E-state index contributed by atoms with van der Waals surface area (Å²) in [4.78, 5) is 22.6. The van der Waals surface area contributed by atoms with Crippen molar-refractivity contribution in [2.75, 3.05) is 6.54 Å². The van der Waals surface area contributed by atoms with Crippen LogP contribution < -0.4 is 10.6 Å². The average Bonchev–Trinajstić information content (AvgIpc) is 2.44. The Kier molecular flexibility index (Phi) is 6.21. The Morgan fingerprint density at radius 1 is 1.14 bits per heavy atom. The number of carboxylic acids is 1. The summed E-state index contributed by atoms with van der Waals surface area (Å²) in [7, 11) is 0. The van der Waals surface area contributed by atoms with Gasteiger partial charge < -0.3 is 15.7 Å². The molecule has 0 saturated carbocycles. The van der Waals surface area contributed by atoms with E-state index < -0.39 is 5.97 Å². The second kappa shape index (κ2) is 7.67. The molecule has 2 amide bonds. The number of carbonyl (C=O) groups is 2. The predicted octanol–water partition coefficient (Wildman–Crippen LogP) is 2.55. The molecule has 0 atom stereocenters. The van der Waals surface area contributed by atoms with Gasteiger partial charge in [0.1, 0.15) is 0 Å². The van der Waals surface area contributed by atoms with Crippen LogP contribution in [0.3, 0.4) is 0 Å². The summed E-state index contributed by atoms with van der Waals surface area (Å²) in [5.74, 6) is -0.878. The lowest BCUT2D eigenvalue weighted by molar-refractivity contribution is -0.136. The van der Waals surface area contributed by atoms with Crippen molar-refractivity contribution in [3.63, 3.8) is 0 Å². The minimum Gasteiger partial charge on any atom is -0.481 e. The minimum atomic E-state index is -0.878. The van der Waals surface area contributed by atoms with Crippen LogP contribution >= 0.6 is 0 Å². The van der Waals surface area contributed by atoms with Crippen molar-refractivity contribution in [3.8, 4) is 0 Å². The number of carboxylic acid groups (broad SMARTS) is 1. The maximum Gasteiger partial charge on any atom is 0.315 e. The Morgan fingerprint density at radius 3 is 2.33 bits per heavy atom. The van der Waals surface area contributed by atoms with Crippen molar-refractivity contribution in [3.05, 3.63) is 35.4 Å². The Bertz CT molecular complexity index is 498. The molecule has 1 rings (SSSR count). The molecule has 116 valence electrons. The highest BCUT2D eigenvalue weighted by molar-refractivity contribution is 5.74. The predicted molar refractivity (Wildman–Crippen MR) is 82.1 cm³/mol. The first-order chi connectivity index (χ1) is 9.84. The molecule has 21 heavy (non-hydrogen) atoms. The topological polar surface area (TPSA) is 78.4 Å². The van der Waals surface area contributed by atoms with Crippen LogP contribution in [0.2, 0.25) is 0 Å². The fourth-order valence-corrected chi connectivity index (χ4v) is 1.75. The second-order valence-electron chi connectivity index (χ2n) is 5.89. The zero-order chi connectivity index (χ0) is 15.9. The van der Waals surface area contributed by atoms with Gasteiger partial charge in [-0.2, -0.15) is 0 Å². The molecular weight excluding hydrogens is 268 g/mol. The van der Waals surface area contributed by atoms with Gasteiger partial charge in [-0.15, -0.1) is 0 Å². The van der Waals surface area contributed by atoms with Gasteiger partial charge >= 0.3 is 12.0 Å². The zero-order valence-corrected chi connectivity index (χ0v) is 12.9. The van der Waals surface area contributed by atoms with Crippen LogP contribution in [-0.2, 0) is 17.8 Å². The number of carbonyl (C=O) groups excluding carboxylic acids is 1. The van der Waals surface area contributed by atoms with E-state index in [1.165, 1.54) is 0 Å². The summed E-state index contributed by atoms with van der Waals surface area (Å²) in [6.07, 6.45) is 0.942. The third kappa shape index (κ3) is 6.29. The van der Waals surface area contributed by atoms with E-state index in [2.05, 4.69) is 31.4 Å². The Balaban J connectivity index is 2.52. The first kappa shape index (κ1) is 17.0. The first-order valence-corrected chi connectivity index (χ1v) is 7.14. The lowest BCUT2D eigenvalue weighted by Crippen LogP contribution is -2.40. The fourth-order valence-electron chi connectivity index (χ4n) is 1.75.